The summed E-state index contributed by atoms with van der Waals surface area (Å²) >= 11 is 17.3. The molecule has 0 saturated carbocycles. The van der Waals surface area contributed by atoms with Gasteiger partial charge in [-0.05, 0) is 12.1 Å². The molecule has 0 saturated heterocycles. The Kier molecular flexibility index (Phi) is 5.15. The Balaban J connectivity index is 2.73. The van der Waals surface area contributed by atoms with E-state index in [-0.39, 0.29) is 23.3 Å². The number of aliphatic hydroxyl groups excluding tert-OH is 1. The molecule has 88 valence electrons. The molecule has 0 unspecified atom stereocenters. The summed E-state index contributed by atoms with van der Waals surface area (Å²) in [5.74, 6) is 0. The lowest BCUT2D eigenvalue weighted by Gasteiger charge is -2.08. The lowest BCUT2D eigenvalue weighted by atomic mass is 10.3. The van der Waals surface area contributed by atoms with Crippen LogP contribution in [0.1, 0.15) is 0 Å². The highest BCUT2D eigenvalue weighted by atomic mass is 35.5. The first-order valence-corrected chi connectivity index (χ1v) is 5.37. The second kappa shape index (κ2) is 6.15. The van der Waals surface area contributed by atoms with Crippen LogP contribution in [0.3, 0.4) is 0 Å². The van der Waals surface area contributed by atoms with Crippen molar-refractivity contribution in [3.8, 4) is 0 Å². The van der Waals surface area contributed by atoms with Gasteiger partial charge in [0, 0.05) is 0 Å². The van der Waals surface area contributed by atoms with Crippen LogP contribution in [0, 0.1) is 0 Å². The number of halogens is 3. The van der Waals surface area contributed by atoms with Crippen LogP contribution in [0.25, 0.3) is 0 Å². The number of aliphatic hydroxyl groups is 1. The van der Waals surface area contributed by atoms with E-state index in [1.165, 1.54) is 12.1 Å². The molecule has 0 spiro atoms. The molecule has 0 aromatic heterocycles. The van der Waals surface area contributed by atoms with E-state index in [1.54, 1.807) is 0 Å². The second-order valence-corrected chi connectivity index (χ2v) is 3.95. The van der Waals surface area contributed by atoms with E-state index in [9.17, 15) is 4.79 Å². The maximum absolute atomic E-state index is 11.1. The van der Waals surface area contributed by atoms with Gasteiger partial charge in [-0.1, -0.05) is 34.8 Å². The molecule has 0 fully saturated rings. The van der Waals surface area contributed by atoms with E-state index in [0.717, 1.165) is 0 Å². The standard InChI is InChI=1S/C9H8Cl3NO3/c10-5-3-7(12)8(4-6(5)11)13-9(15)16-2-1-14/h3-4,14H,1-2H2,(H,13,15). The van der Waals surface area contributed by atoms with Crippen molar-refractivity contribution in [3.63, 3.8) is 0 Å². The van der Waals surface area contributed by atoms with Gasteiger partial charge in [0.1, 0.15) is 6.61 Å². The van der Waals surface area contributed by atoms with E-state index < -0.39 is 6.09 Å². The quantitative estimate of drug-likeness (QED) is 0.838. The van der Waals surface area contributed by atoms with Crippen molar-refractivity contribution in [2.24, 2.45) is 0 Å². The maximum Gasteiger partial charge on any atom is 0.411 e. The average Bonchev–Trinajstić information content (AvgIpc) is 2.23. The normalized spacial score (nSPS) is 10.0. The van der Waals surface area contributed by atoms with Gasteiger partial charge in [0.2, 0.25) is 0 Å². The molecule has 0 atom stereocenters. The minimum Gasteiger partial charge on any atom is -0.447 e. The monoisotopic (exact) mass is 283 g/mol. The molecular weight excluding hydrogens is 276 g/mol. The summed E-state index contributed by atoms with van der Waals surface area (Å²) in [6, 6.07) is 2.82. The van der Waals surface area contributed by atoms with Crippen LogP contribution in [0.4, 0.5) is 10.5 Å². The molecule has 1 amide bonds. The van der Waals surface area contributed by atoms with Crippen LogP contribution in [0.2, 0.25) is 15.1 Å². The molecule has 16 heavy (non-hydrogen) atoms. The molecule has 0 heterocycles. The number of ether oxygens (including phenoxy) is 1. The highest BCUT2D eigenvalue weighted by Crippen LogP contribution is 2.32. The Bertz CT molecular complexity index is 398. The van der Waals surface area contributed by atoms with Crippen molar-refractivity contribution in [2.45, 2.75) is 0 Å². The average molecular weight is 285 g/mol. The van der Waals surface area contributed by atoms with E-state index >= 15 is 0 Å². The highest BCUT2D eigenvalue weighted by molar-refractivity contribution is 6.44. The number of hydrogen-bond acceptors (Lipinski definition) is 3. The van der Waals surface area contributed by atoms with E-state index in [1.807, 2.05) is 0 Å². The topological polar surface area (TPSA) is 58.6 Å². The Morgan fingerprint density at radius 3 is 2.50 bits per heavy atom. The molecule has 1 rings (SSSR count). The van der Waals surface area contributed by atoms with Crippen LogP contribution >= 0.6 is 34.8 Å². The second-order valence-electron chi connectivity index (χ2n) is 2.73. The van der Waals surface area contributed by atoms with Crippen LogP contribution in [-0.4, -0.2) is 24.4 Å². The van der Waals surface area contributed by atoms with Crippen molar-refractivity contribution >= 4 is 46.6 Å². The number of carbonyl (C=O) groups excluding carboxylic acids is 1. The summed E-state index contributed by atoms with van der Waals surface area (Å²) in [6.07, 6.45) is -0.727. The third-order valence-electron chi connectivity index (χ3n) is 1.57. The zero-order valence-electron chi connectivity index (χ0n) is 7.97. The number of amides is 1. The first kappa shape index (κ1) is 13.4. The number of anilines is 1. The number of carbonyl (C=O) groups is 1. The van der Waals surface area contributed by atoms with Gasteiger partial charge in [0.25, 0.3) is 0 Å². The van der Waals surface area contributed by atoms with E-state index in [2.05, 4.69) is 10.1 Å². The number of rotatable bonds is 3. The van der Waals surface area contributed by atoms with Gasteiger partial charge in [-0.3, -0.25) is 5.32 Å². The molecule has 0 radical (unpaired) electrons. The van der Waals surface area contributed by atoms with Crippen molar-refractivity contribution in [1.82, 2.24) is 0 Å². The zero-order chi connectivity index (χ0) is 12.1. The van der Waals surface area contributed by atoms with Crippen molar-refractivity contribution in [3.05, 3.63) is 27.2 Å². The van der Waals surface area contributed by atoms with Gasteiger partial charge in [0.05, 0.1) is 27.4 Å². The number of nitrogens with one attached hydrogen (secondary N) is 1. The van der Waals surface area contributed by atoms with Gasteiger partial charge in [-0.2, -0.15) is 0 Å². The third kappa shape index (κ3) is 3.72. The molecular formula is C9H8Cl3NO3. The first-order chi connectivity index (χ1) is 7.54. The molecule has 0 aliphatic rings. The first-order valence-electron chi connectivity index (χ1n) is 4.23. The largest absolute Gasteiger partial charge is 0.447 e. The van der Waals surface area contributed by atoms with Crippen molar-refractivity contribution < 1.29 is 14.6 Å². The van der Waals surface area contributed by atoms with Gasteiger partial charge in [-0.25, -0.2) is 4.79 Å². The van der Waals surface area contributed by atoms with Gasteiger partial charge < -0.3 is 9.84 Å². The fourth-order valence-corrected chi connectivity index (χ4v) is 1.50. The van der Waals surface area contributed by atoms with Crippen molar-refractivity contribution in [1.29, 1.82) is 0 Å². The lowest BCUT2D eigenvalue weighted by molar-refractivity contribution is 0.131. The maximum atomic E-state index is 11.1. The lowest BCUT2D eigenvalue weighted by Crippen LogP contribution is -2.16. The smallest absolute Gasteiger partial charge is 0.411 e. The number of hydrogen-bond donors (Lipinski definition) is 2. The zero-order valence-corrected chi connectivity index (χ0v) is 10.2. The van der Waals surface area contributed by atoms with Gasteiger partial charge in [-0.15, -0.1) is 0 Å². The fourth-order valence-electron chi connectivity index (χ4n) is 0.903. The molecule has 0 aliphatic heterocycles. The molecule has 7 heteroatoms. The minimum absolute atomic E-state index is 0.0925. The Morgan fingerprint density at radius 1 is 1.25 bits per heavy atom. The highest BCUT2D eigenvalue weighted by Gasteiger charge is 2.09. The van der Waals surface area contributed by atoms with Crippen LogP contribution in [0.15, 0.2) is 12.1 Å². The Labute approximate surface area is 107 Å². The van der Waals surface area contributed by atoms with E-state index in [4.69, 9.17) is 39.9 Å². The van der Waals surface area contributed by atoms with Gasteiger partial charge >= 0.3 is 6.09 Å². The summed E-state index contributed by atoms with van der Waals surface area (Å²) in [6.45, 7) is -0.340. The summed E-state index contributed by atoms with van der Waals surface area (Å²) in [7, 11) is 0. The van der Waals surface area contributed by atoms with Crippen molar-refractivity contribution in [2.75, 3.05) is 18.5 Å². The summed E-state index contributed by atoms with van der Waals surface area (Å²) in [5.41, 5.74) is 0.291. The number of benzene rings is 1. The minimum atomic E-state index is -0.727. The third-order valence-corrected chi connectivity index (χ3v) is 2.61. The molecule has 1 aromatic carbocycles. The molecule has 4 nitrogen and oxygen atoms in total. The fraction of sp³-hybridized carbons (Fsp3) is 0.222. The molecule has 1 aromatic rings. The summed E-state index contributed by atoms with van der Waals surface area (Å²) in [5, 5.41) is 11.6. The Hall–Kier alpha value is -0.680. The van der Waals surface area contributed by atoms with Crippen LogP contribution in [0.5, 0.6) is 0 Å². The van der Waals surface area contributed by atoms with E-state index in [0.29, 0.717) is 10.7 Å². The Morgan fingerprint density at radius 2 is 1.88 bits per heavy atom. The molecule has 0 bridgehead atoms. The molecule has 0 aliphatic carbocycles. The summed E-state index contributed by atoms with van der Waals surface area (Å²) in [4.78, 5) is 11.1. The molecule has 2 N–H and O–H groups in total. The SMILES string of the molecule is O=C(Nc1cc(Cl)c(Cl)cc1Cl)OCCO. The van der Waals surface area contributed by atoms with Crippen LogP contribution in [-0.2, 0) is 4.74 Å². The predicted molar refractivity (Wildman–Crippen MR) is 63.5 cm³/mol. The van der Waals surface area contributed by atoms with Crippen LogP contribution < -0.4 is 5.32 Å². The van der Waals surface area contributed by atoms with Gasteiger partial charge in [0.15, 0.2) is 0 Å². The predicted octanol–water partition coefficient (Wildman–Crippen LogP) is 3.19. The summed E-state index contributed by atoms with van der Waals surface area (Å²) < 4.78 is 4.59.